The second-order valence-corrected chi connectivity index (χ2v) is 10.3. The van der Waals surface area contributed by atoms with Crippen molar-refractivity contribution in [3.8, 4) is 11.1 Å². The molecule has 244 valence electrons. The third-order valence-corrected chi connectivity index (χ3v) is 7.19. The summed E-state index contributed by atoms with van der Waals surface area (Å²) in [7, 11) is 0. The Morgan fingerprint density at radius 1 is 0.681 bits per heavy atom. The maximum Gasteiger partial charge on any atom is 0.416 e. The van der Waals surface area contributed by atoms with Gasteiger partial charge in [-0.1, -0.05) is 72.8 Å². The van der Waals surface area contributed by atoms with Crippen LogP contribution >= 0.6 is 0 Å². The summed E-state index contributed by atoms with van der Waals surface area (Å²) in [5, 5.41) is 2.76. The standard InChI is InChI=1S/C36H32F3NO7/c1-3-45-33(43)35(34(44)46-4-2,26-12-6-5-7-13-26)23-47-31(41)22-24-11-10-14-28(21-24)40-32(42)30-16-9-8-15-29(30)25-17-19-27(20-18-25)36(37,38)39/h5-21H,3-4,22-23H2,1-2H3,(H,40,42). The molecule has 11 heteroatoms. The minimum Gasteiger partial charge on any atom is -0.465 e. The Morgan fingerprint density at radius 2 is 1.30 bits per heavy atom. The van der Waals surface area contributed by atoms with E-state index in [0.717, 1.165) is 12.1 Å². The summed E-state index contributed by atoms with van der Waals surface area (Å²) < 4.78 is 55.0. The molecule has 8 nitrogen and oxygen atoms in total. The molecule has 0 saturated heterocycles. The number of amides is 1. The van der Waals surface area contributed by atoms with E-state index in [0.29, 0.717) is 22.4 Å². The van der Waals surface area contributed by atoms with Crippen molar-refractivity contribution in [2.45, 2.75) is 31.9 Å². The zero-order chi connectivity index (χ0) is 34.0. The molecule has 0 unspecified atom stereocenters. The molecular formula is C36H32F3NO7. The van der Waals surface area contributed by atoms with E-state index in [1.54, 1.807) is 92.7 Å². The number of alkyl halides is 3. The summed E-state index contributed by atoms with van der Waals surface area (Å²) in [6.45, 7) is 2.47. The van der Waals surface area contributed by atoms with Gasteiger partial charge in [0.15, 0.2) is 0 Å². The molecule has 0 spiro atoms. The Balaban J connectivity index is 1.50. The number of rotatable bonds is 12. The number of halogens is 3. The third-order valence-electron chi connectivity index (χ3n) is 7.19. The number of esters is 3. The first-order valence-electron chi connectivity index (χ1n) is 14.7. The van der Waals surface area contributed by atoms with E-state index in [9.17, 15) is 32.3 Å². The lowest BCUT2D eigenvalue weighted by molar-refractivity contribution is -0.170. The average Bonchev–Trinajstić information content (AvgIpc) is 3.05. The van der Waals surface area contributed by atoms with Crippen molar-refractivity contribution in [1.82, 2.24) is 0 Å². The lowest BCUT2D eigenvalue weighted by atomic mass is 9.81. The van der Waals surface area contributed by atoms with E-state index in [1.165, 1.54) is 12.1 Å². The van der Waals surface area contributed by atoms with Crippen LogP contribution < -0.4 is 5.32 Å². The van der Waals surface area contributed by atoms with Crippen LogP contribution in [0.5, 0.6) is 0 Å². The predicted molar refractivity (Wildman–Crippen MR) is 167 cm³/mol. The second-order valence-electron chi connectivity index (χ2n) is 10.3. The maximum atomic E-state index is 13.3. The molecule has 1 N–H and O–H groups in total. The van der Waals surface area contributed by atoms with Crippen LogP contribution in [0.4, 0.5) is 18.9 Å². The van der Waals surface area contributed by atoms with Gasteiger partial charge in [0.25, 0.3) is 5.91 Å². The molecule has 0 aromatic heterocycles. The first-order chi connectivity index (χ1) is 22.5. The molecule has 0 aliphatic heterocycles. The van der Waals surface area contributed by atoms with Gasteiger partial charge in [-0.15, -0.1) is 0 Å². The van der Waals surface area contributed by atoms with Gasteiger partial charge in [-0.3, -0.25) is 19.2 Å². The number of benzene rings is 4. The van der Waals surface area contributed by atoms with Crippen molar-refractivity contribution in [1.29, 1.82) is 0 Å². The molecule has 4 aromatic rings. The maximum absolute atomic E-state index is 13.3. The number of hydrogen-bond donors (Lipinski definition) is 1. The number of anilines is 1. The fraction of sp³-hybridized carbons (Fsp3) is 0.222. The molecule has 0 aliphatic rings. The summed E-state index contributed by atoms with van der Waals surface area (Å²) in [6, 6.07) is 25.5. The van der Waals surface area contributed by atoms with E-state index < -0.39 is 47.6 Å². The molecule has 0 bridgehead atoms. The zero-order valence-electron chi connectivity index (χ0n) is 25.6. The molecule has 0 fully saturated rings. The quantitative estimate of drug-likeness (QED) is 0.103. The molecule has 1 amide bonds. The van der Waals surface area contributed by atoms with Gasteiger partial charge in [-0.05, 0) is 66.4 Å². The highest BCUT2D eigenvalue weighted by molar-refractivity contribution is 6.09. The Kier molecular flexibility index (Phi) is 11.1. The van der Waals surface area contributed by atoms with Gasteiger partial charge in [0, 0.05) is 11.3 Å². The fourth-order valence-corrected chi connectivity index (χ4v) is 4.89. The number of nitrogens with one attached hydrogen (secondary N) is 1. The Labute approximate surface area is 269 Å². The first kappa shape index (κ1) is 34.4. The van der Waals surface area contributed by atoms with Crippen molar-refractivity contribution in [2.75, 3.05) is 25.1 Å². The van der Waals surface area contributed by atoms with Gasteiger partial charge in [0.05, 0.1) is 25.2 Å². The molecule has 0 aliphatic carbocycles. The normalized spacial score (nSPS) is 11.3. The van der Waals surface area contributed by atoms with Crippen molar-refractivity contribution < 1.29 is 46.6 Å². The van der Waals surface area contributed by atoms with Crippen LogP contribution in [0.25, 0.3) is 11.1 Å². The van der Waals surface area contributed by atoms with Crippen LogP contribution in [0.1, 0.15) is 40.9 Å². The highest BCUT2D eigenvalue weighted by atomic mass is 19.4. The smallest absolute Gasteiger partial charge is 0.416 e. The van der Waals surface area contributed by atoms with Gasteiger partial charge in [0.1, 0.15) is 6.61 Å². The highest BCUT2D eigenvalue weighted by Crippen LogP contribution is 2.32. The number of hydrogen-bond acceptors (Lipinski definition) is 7. The monoisotopic (exact) mass is 647 g/mol. The number of carbonyl (C=O) groups excluding carboxylic acids is 4. The Hall–Kier alpha value is -5.45. The molecule has 0 heterocycles. The SMILES string of the molecule is CCOC(=O)C(COC(=O)Cc1cccc(NC(=O)c2ccccc2-c2ccc(C(F)(F)F)cc2)c1)(C(=O)OCC)c1ccccc1. The van der Waals surface area contributed by atoms with Gasteiger partial charge in [-0.25, -0.2) is 0 Å². The van der Waals surface area contributed by atoms with Crippen LogP contribution in [0.2, 0.25) is 0 Å². The molecule has 0 saturated carbocycles. The largest absolute Gasteiger partial charge is 0.465 e. The van der Waals surface area contributed by atoms with Gasteiger partial charge in [0.2, 0.25) is 5.41 Å². The van der Waals surface area contributed by atoms with Crippen molar-refractivity contribution in [2.24, 2.45) is 0 Å². The molecule has 4 rings (SSSR count). The first-order valence-corrected chi connectivity index (χ1v) is 14.7. The van der Waals surface area contributed by atoms with Crippen molar-refractivity contribution in [3.05, 3.63) is 125 Å². The number of ether oxygens (including phenoxy) is 3. The fourth-order valence-electron chi connectivity index (χ4n) is 4.89. The van der Waals surface area contributed by atoms with Crippen LogP contribution in [0.15, 0.2) is 103 Å². The lowest BCUT2D eigenvalue weighted by Crippen LogP contribution is -2.50. The zero-order valence-corrected chi connectivity index (χ0v) is 25.6. The summed E-state index contributed by atoms with van der Waals surface area (Å²) >= 11 is 0. The lowest BCUT2D eigenvalue weighted by Gasteiger charge is -2.29. The van der Waals surface area contributed by atoms with Gasteiger partial charge >= 0.3 is 24.1 Å². The summed E-state index contributed by atoms with van der Waals surface area (Å²) in [6.07, 6.45) is -4.75. The van der Waals surface area contributed by atoms with Crippen molar-refractivity contribution >= 4 is 29.5 Å². The van der Waals surface area contributed by atoms with Crippen LogP contribution in [0, 0.1) is 0 Å². The topological polar surface area (TPSA) is 108 Å². The molecule has 47 heavy (non-hydrogen) atoms. The highest BCUT2D eigenvalue weighted by Gasteiger charge is 2.52. The predicted octanol–water partition coefficient (Wildman–Crippen LogP) is 6.77. The summed E-state index contributed by atoms with van der Waals surface area (Å²) in [4.78, 5) is 52.7. The van der Waals surface area contributed by atoms with Gasteiger partial charge < -0.3 is 19.5 Å². The molecular weight excluding hydrogens is 615 g/mol. The minimum absolute atomic E-state index is 0.0197. The Morgan fingerprint density at radius 3 is 1.91 bits per heavy atom. The van der Waals surface area contributed by atoms with Crippen LogP contribution in [-0.4, -0.2) is 43.6 Å². The van der Waals surface area contributed by atoms with Crippen molar-refractivity contribution in [3.63, 3.8) is 0 Å². The number of carbonyl (C=O) groups is 4. The van der Waals surface area contributed by atoms with E-state index in [1.807, 2.05) is 0 Å². The second kappa shape index (κ2) is 15.2. The summed E-state index contributed by atoms with van der Waals surface area (Å²) in [5.41, 5.74) is -0.704. The van der Waals surface area contributed by atoms with E-state index in [-0.39, 0.29) is 30.8 Å². The Bertz CT molecular complexity index is 1700. The van der Waals surface area contributed by atoms with E-state index in [4.69, 9.17) is 14.2 Å². The molecule has 4 aromatic carbocycles. The molecule has 0 atom stereocenters. The summed E-state index contributed by atoms with van der Waals surface area (Å²) in [5.74, 6) is -3.11. The van der Waals surface area contributed by atoms with E-state index in [2.05, 4.69) is 5.32 Å². The third kappa shape index (κ3) is 8.23. The molecule has 0 radical (unpaired) electrons. The minimum atomic E-state index is -4.49. The van der Waals surface area contributed by atoms with Crippen LogP contribution in [0.3, 0.4) is 0 Å². The average molecular weight is 648 g/mol. The van der Waals surface area contributed by atoms with Gasteiger partial charge in [-0.2, -0.15) is 13.2 Å². The van der Waals surface area contributed by atoms with E-state index >= 15 is 0 Å². The van der Waals surface area contributed by atoms with Crippen LogP contribution in [-0.2, 0) is 46.6 Å².